The van der Waals surface area contributed by atoms with Crippen LogP contribution < -0.4 is 5.32 Å². The van der Waals surface area contributed by atoms with Crippen molar-refractivity contribution in [3.05, 3.63) is 65.7 Å². The first-order chi connectivity index (χ1) is 14.5. The number of piperidine rings is 1. The number of carbonyl (C=O) groups is 2. The van der Waals surface area contributed by atoms with Crippen molar-refractivity contribution in [3.63, 3.8) is 0 Å². The minimum absolute atomic E-state index is 0.0481. The molecule has 0 aliphatic carbocycles. The summed E-state index contributed by atoms with van der Waals surface area (Å²) in [6.07, 6.45) is 1.41. The highest BCUT2D eigenvalue weighted by atomic mass is 16.5. The predicted molar refractivity (Wildman–Crippen MR) is 119 cm³/mol. The number of hydrogen-bond acceptors (Lipinski definition) is 4. The van der Waals surface area contributed by atoms with Crippen LogP contribution in [0.1, 0.15) is 56.7 Å². The Hall–Kier alpha value is -2.66. The minimum Gasteiger partial charge on any atom is -0.466 e. The zero-order valence-electron chi connectivity index (χ0n) is 18.1. The number of hydrogen-bond donors (Lipinski definition) is 1. The third-order valence-corrected chi connectivity index (χ3v) is 5.72. The number of benzene rings is 2. The number of carbonyl (C=O) groups excluding carboxylic acids is 2. The fraction of sp³-hybridized carbons (Fsp3) is 0.440. The van der Waals surface area contributed by atoms with Crippen molar-refractivity contribution in [2.24, 2.45) is 5.92 Å². The summed E-state index contributed by atoms with van der Waals surface area (Å²) in [7, 11) is 0. The first-order valence-electron chi connectivity index (χ1n) is 10.9. The van der Waals surface area contributed by atoms with Crippen LogP contribution in [0, 0.1) is 5.92 Å². The zero-order valence-corrected chi connectivity index (χ0v) is 18.1. The van der Waals surface area contributed by atoms with Gasteiger partial charge < -0.3 is 10.1 Å². The highest BCUT2D eigenvalue weighted by molar-refractivity contribution is 5.95. The van der Waals surface area contributed by atoms with Gasteiger partial charge in [-0.15, -0.1) is 0 Å². The van der Waals surface area contributed by atoms with Gasteiger partial charge in [0.1, 0.15) is 6.04 Å². The van der Waals surface area contributed by atoms with Crippen LogP contribution in [0.5, 0.6) is 0 Å². The molecule has 1 saturated heterocycles. The lowest BCUT2D eigenvalue weighted by Gasteiger charge is -2.36. The maximum Gasteiger partial charge on any atom is 0.309 e. The summed E-state index contributed by atoms with van der Waals surface area (Å²) in [5.41, 5.74) is 3.00. The molecule has 1 heterocycles. The molecule has 1 N–H and O–H groups in total. The van der Waals surface area contributed by atoms with Crippen LogP contribution in [0.4, 0.5) is 5.69 Å². The van der Waals surface area contributed by atoms with Crippen molar-refractivity contribution in [2.75, 3.05) is 25.0 Å². The SMILES string of the molecule is CCOC(=O)C1CCN([C@@H](C(=O)Nc2ccc(C(C)C)cc2)c2ccccc2)CC1. The number of nitrogens with zero attached hydrogens (tertiary/aromatic N) is 1. The van der Waals surface area contributed by atoms with Crippen LogP contribution in [0.15, 0.2) is 54.6 Å². The van der Waals surface area contributed by atoms with Gasteiger partial charge in [-0.2, -0.15) is 0 Å². The van der Waals surface area contributed by atoms with E-state index in [9.17, 15) is 9.59 Å². The Bertz CT molecular complexity index is 825. The Kier molecular flexibility index (Phi) is 7.63. The molecule has 1 aliphatic heterocycles. The molecule has 1 fully saturated rings. The van der Waals surface area contributed by atoms with Crippen molar-refractivity contribution in [1.29, 1.82) is 0 Å². The fourth-order valence-corrected chi connectivity index (χ4v) is 3.98. The van der Waals surface area contributed by atoms with Gasteiger partial charge in [0, 0.05) is 18.8 Å². The van der Waals surface area contributed by atoms with Crippen molar-refractivity contribution < 1.29 is 14.3 Å². The zero-order chi connectivity index (χ0) is 21.5. The van der Waals surface area contributed by atoms with Crippen LogP contribution >= 0.6 is 0 Å². The Morgan fingerprint density at radius 2 is 1.63 bits per heavy atom. The topological polar surface area (TPSA) is 58.6 Å². The van der Waals surface area contributed by atoms with E-state index >= 15 is 0 Å². The van der Waals surface area contributed by atoms with Crippen LogP contribution in [0.3, 0.4) is 0 Å². The molecule has 160 valence electrons. The van der Waals surface area contributed by atoms with Crippen molar-refractivity contribution >= 4 is 17.6 Å². The minimum atomic E-state index is -0.390. The van der Waals surface area contributed by atoms with Gasteiger partial charge in [-0.3, -0.25) is 14.5 Å². The summed E-state index contributed by atoms with van der Waals surface area (Å²) in [5, 5.41) is 3.09. The highest BCUT2D eigenvalue weighted by Gasteiger charge is 2.33. The van der Waals surface area contributed by atoms with Gasteiger partial charge in [0.05, 0.1) is 12.5 Å². The molecule has 2 aromatic rings. The average molecular weight is 409 g/mol. The van der Waals surface area contributed by atoms with E-state index in [-0.39, 0.29) is 23.8 Å². The number of anilines is 1. The van der Waals surface area contributed by atoms with Crippen LogP contribution in [0.25, 0.3) is 0 Å². The van der Waals surface area contributed by atoms with E-state index in [0.717, 1.165) is 11.3 Å². The number of esters is 1. The van der Waals surface area contributed by atoms with Gasteiger partial charge in [-0.25, -0.2) is 0 Å². The standard InChI is InChI=1S/C25H32N2O3/c1-4-30-25(29)21-14-16-27(17-15-21)23(20-8-6-5-7-9-20)24(28)26-22-12-10-19(11-13-22)18(2)3/h5-13,18,21,23H,4,14-17H2,1-3H3,(H,26,28)/t23-/m1/s1. The molecule has 1 amide bonds. The molecule has 0 aromatic heterocycles. The van der Waals surface area contributed by atoms with Crippen molar-refractivity contribution in [2.45, 2.75) is 45.6 Å². The third kappa shape index (κ3) is 5.48. The van der Waals surface area contributed by atoms with E-state index in [2.05, 4.69) is 36.2 Å². The molecule has 0 spiro atoms. The van der Waals surface area contributed by atoms with Crippen LogP contribution in [0.2, 0.25) is 0 Å². The highest BCUT2D eigenvalue weighted by Crippen LogP contribution is 2.29. The molecular weight excluding hydrogens is 376 g/mol. The van der Waals surface area contributed by atoms with Gasteiger partial charge in [0.2, 0.25) is 5.91 Å². The first kappa shape index (κ1) is 22.0. The lowest BCUT2D eigenvalue weighted by atomic mass is 9.94. The smallest absolute Gasteiger partial charge is 0.309 e. The van der Waals surface area contributed by atoms with Gasteiger partial charge in [0.15, 0.2) is 0 Å². The molecule has 1 aliphatic rings. The molecule has 5 heteroatoms. The third-order valence-electron chi connectivity index (χ3n) is 5.72. The Morgan fingerprint density at radius 3 is 2.20 bits per heavy atom. The summed E-state index contributed by atoms with van der Waals surface area (Å²) in [6, 6.07) is 17.5. The Labute approximate surface area is 179 Å². The first-order valence-corrected chi connectivity index (χ1v) is 10.9. The van der Waals surface area contributed by atoms with Crippen LogP contribution in [-0.2, 0) is 14.3 Å². The maximum atomic E-state index is 13.3. The number of ether oxygens (including phenoxy) is 1. The van der Waals surface area contributed by atoms with Gasteiger partial charge >= 0.3 is 5.97 Å². The lowest BCUT2D eigenvalue weighted by Crippen LogP contribution is -2.43. The number of rotatable bonds is 7. The Morgan fingerprint density at radius 1 is 1.00 bits per heavy atom. The van der Waals surface area contributed by atoms with E-state index in [0.29, 0.717) is 38.5 Å². The van der Waals surface area contributed by atoms with E-state index in [4.69, 9.17) is 4.74 Å². The number of likely N-dealkylation sites (tertiary alicyclic amines) is 1. The summed E-state index contributed by atoms with van der Waals surface area (Å²) >= 11 is 0. The molecular formula is C25H32N2O3. The second-order valence-electron chi connectivity index (χ2n) is 8.14. The summed E-state index contributed by atoms with van der Waals surface area (Å²) < 4.78 is 5.18. The maximum absolute atomic E-state index is 13.3. The lowest BCUT2D eigenvalue weighted by molar-refractivity contribution is -0.149. The summed E-state index contributed by atoms with van der Waals surface area (Å²) in [6.45, 7) is 7.91. The average Bonchev–Trinajstić information content (AvgIpc) is 2.76. The van der Waals surface area contributed by atoms with E-state index < -0.39 is 0 Å². The molecule has 2 aromatic carbocycles. The molecule has 1 atom stereocenters. The molecule has 0 unspecified atom stereocenters. The number of nitrogens with one attached hydrogen (secondary N) is 1. The quantitative estimate of drug-likeness (QED) is 0.671. The predicted octanol–water partition coefficient (Wildman–Crippen LogP) is 4.76. The summed E-state index contributed by atoms with van der Waals surface area (Å²) in [5.74, 6) is 0.202. The second-order valence-corrected chi connectivity index (χ2v) is 8.14. The summed E-state index contributed by atoms with van der Waals surface area (Å²) in [4.78, 5) is 27.5. The van der Waals surface area contributed by atoms with Gasteiger partial charge in [-0.05, 0) is 48.9 Å². The largest absolute Gasteiger partial charge is 0.466 e. The molecule has 30 heavy (non-hydrogen) atoms. The molecule has 3 rings (SSSR count). The van der Waals surface area contributed by atoms with Crippen LogP contribution in [-0.4, -0.2) is 36.5 Å². The normalized spacial score (nSPS) is 16.3. The number of amides is 1. The fourth-order valence-electron chi connectivity index (χ4n) is 3.98. The molecule has 0 saturated carbocycles. The molecule has 5 nitrogen and oxygen atoms in total. The van der Waals surface area contributed by atoms with Crippen molar-refractivity contribution in [1.82, 2.24) is 4.90 Å². The monoisotopic (exact) mass is 408 g/mol. The van der Waals surface area contributed by atoms with Crippen molar-refractivity contribution in [3.8, 4) is 0 Å². The second kappa shape index (κ2) is 10.4. The van der Waals surface area contributed by atoms with E-state index in [1.807, 2.05) is 49.4 Å². The van der Waals surface area contributed by atoms with Gasteiger partial charge in [0.25, 0.3) is 0 Å². The van der Waals surface area contributed by atoms with E-state index in [1.54, 1.807) is 0 Å². The van der Waals surface area contributed by atoms with Gasteiger partial charge in [-0.1, -0.05) is 56.3 Å². The molecule has 0 radical (unpaired) electrons. The molecule has 0 bridgehead atoms. The van der Waals surface area contributed by atoms with E-state index in [1.165, 1.54) is 5.56 Å². The Balaban J connectivity index is 1.73.